The number of para-hydroxylation sites is 1. The summed E-state index contributed by atoms with van der Waals surface area (Å²) in [6, 6.07) is 18.2. The molecule has 1 aromatic heterocycles. The van der Waals surface area contributed by atoms with E-state index >= 15 is 0 Å². The van der Waals surface area contributed by atoms with Crippen LogP contribution in [0.25, 0.3) is 23.0 Å². The molecule has 7 heteroatoms. The Balaban J connectivity index is 1.54. The summed E-state index contributed by atoms with van der Waals surface area (Å²) in [5.74, 6) is 0.826. The van der Waals surface area contributed by atoms with Crippen LogP contribution in [0.1, 0.15) is 44.6 Å². The van der Waals surface area contributed by atoms with Crippen molar-refractivity contribution in [3.8, 4) is 22.7 Å². The number of aromatic nitrogens is 2. The van der Waals surface area contributed by atoms with Crippen LogP contribution in [0.4, 0.5) is 0 Å². The molecule has 34 heavy (non-hydrogen) atoms. The number of nitrogens with zero attached hydrogens (tertiary/aromatic N) is 3. The summed E-state index contributed by atoms with van der Waals surface area (Å²) in [7, 11) is 0. The van der Waals surface area contributed by atoms with E-state index in [9.17, 15) is 4.79 Å². The van der Waals surface area contributed by atoms with E-state index in [0.717, 1.165) is 60.4 Å². The molecule has 0 spiro atoms. The van der Waals surface area contributed by atoms with Crippen molar-refractivity contribution in [2.75, 3.05) is 6.61 Å². The number of carbonyl (C=O) groups is 1. The zero-order valence-electron chi connectivity index (χ0n) is 19.1. The minimum absolute atomic E-state index is 0.0142. The second kappa shape index (κ2) is 10.2. The first kappa shape index (κ1) is 22.9. The first-order valence-corrected chi connectivity index (χ1v) is 13.0. The number of amides is 1. The monoisotopic (exact) mass is 489 g/mol. The second-order valence-corrected chi connectivity index (χ2v) is 10.3. The zero-order chi connectivity index (χ0) is 23.5. The van der Waals surface area contributed by atoms with Crippen molar-refractivity contribution in [1.29, 1.82) is 0 Å². The number of hydrogen-bond acceptors (Lipinski definition) is 5. The van der Waals surface area contributed by atoms with Gasteiger partial charge in [0.05, 0.1) is 17.2 Å². The lowest BCUT2D eigenvalue weighted by atomic mass is 10.1. The molecule has 5 nitrogen and oxygen atoms in total. The molecular weight excluding hydrogens is 462 g/mol. The van der Waals surface area contributed by atoms with Crippen molar-refractivity contribution in [2.45, 2.75) is 45.1 Å². The van der Waals surface area contributed by atoms with E-state index in [-0.39, 0.29) is 11.9 Å². The quantitative estimate of drug-likeness (QED) is 0.281. The molecule has 0 bridgehead atoms. The van der Waals surface area contributed by atoms with Crippen molar-refractivity contribution in [2.24, 2.45) is 0 Å². The number of thiocarbonyl (C=S) groups is 1. The van der Waals surface area contributed by atoms with Gasteiger partial charge in [-0.05, 0) is 49.6 Å². The summed E-state index contributed by atoms with van der Waals surface area (Å²) in [4.78, 5) is 15.8. The largest absolute Gasteiger partial charge is 0.494 e. The smallest absolute Gasteiger partial charge is 0.266 e. The van der Waals surface area contributed by atoms with E-state index in [1.165, 1.54) is 11.8 Å². The maximum Gasteiger partial charge on any atom is 0.266 e. The standard InChI is InChI=1S/C27H27N3O2S2/c1-2-15-32-23-14-8-9-19(16-23)25-20(18-29(28-25)21-10-4-3-5-11-21)17-24-26(31)30(27(33)34-24)22-12-6-7-13-22/h3-5,8-11,14,16-18,22H,2,6-7,12-13,15H2,1H3/b24-17-. The van der Waals surface area contributed by atoms with Gasteiger partial charge in [0, 0.05) is 23.4 Å². The molecule has 0 atom stereocenters. The van der Waals surface area contributed by atoms with Gasteiger partial charge in [-0.1, -0.05) is 74.1 Å². The summed E-state index contributed by atoms with van der Waals surface area (Å²) in [5.41, 5.74) is 3.58. The molecule has 5 rings (SSSR count). The van der Waals surface area contributed by atoms with E-state index in [4.69, 9.17) is 22.1 Å². The fourth-order valence-corrected chi connectivity index (χ4v) is 5.87. The predicted molar refractivity (Wildman–Crippen MR) is 142 cm³/mol. The number of hydrogen-bond donors (Lipinski definition) is 0. The molecule has 2 fully saturated rings. The van der Waals surface area contributed by atoms with Crippen LogP contribution in [0, 0.1) is 0 Å². The maximum atomic E-state index is 13.3. The molecule has 2 heterocycles. The Bertz CT molecular complexity index is 1230. The Morgan fingerprint density at radius 1 is 1.15 bits per heavy atom. The van der Waals surface area contributed by atoms with Gasteiger partial charge < -0.3 is 4.74 Å². The van der Waals surface area contributed by atoms with Gasteiger partial charge in [0.1, 0.15) is 15.8 Å². The van der Waals surface area contributed by atoms with Crippen molar-refractivity contribution in [1.82, 2.24) is 14.7 Å². The lowest BCUT2D eigenvalue weighted by molar-refractivity contribution is -0.123. The molecule has 0 N–H and O–H groups in total. The minimum Gasteiger partial charge on any atom is -0.494 e. The zero-order valence-corrected chi connectivity index (χ0v) is 20.8. The van der Waals surface area contributed by atoms with Crippen LogP contribution in [-0.4, -0.2) is 37.6 Å². The van der Waals surface area contributed by atoms with Crippen LogP contribution in [0.15, 0.2) is 65.7 Å². The SMILES string of the molecule is CCCOc1cccc(-c2nn(-c3ccccc3)cc2/C=C2\SC(=S)N(C3CCCC3)C2=O)c1. The van der Waals surface area contributed by atoms with Gasteiger partial charge in [0.15, 0.2) is 0 Å². The molecule has 2 aromatic carbocycles. The van der Waals surface area contributed by atoms with Crippen molar-refractivity contribution >= 4 is 40.3 Å². The van der Waals surface area contributed by atoms with Crippen LogP contribution >= 0.6 is 24.0 Å². The van der Waals surface area contributed by atoms with Gasteiger partial charge in [-0.3, -0.25) is 9.69 Å². The van der Waals surface area contributed by atoms with Gasteiger partial charge in [0.2, 0.25) is 0 Å². The lowest BCUT2D eigenvalue weighted by Crippen LogP contribution is -2.36. The molecule has 174 valence electrons. The van der Waals surface area contributed by atoms with Crippen LogP contribution in [0.3, 0.4) is 0 Å². The van der Waals surface area contributed by atoms with E-state index in [2.05, 4.69) is 6.92 Å². The van der Waals surface area contributed by atoms with Crippen molar-refractivity contribution < 1.29 is 9.53 Å². The molecule has 1 saturated carbocycles. The summed E-state index contributed by atoms with van der Waals surface area (Å²) in [6.45, 7) is 2.75. The predicted octanol–water partition coefficient (Wildman–Crippen LogP) is 6.47. The average molecular weight is 490 g/mol. The molecular formula is C27H27N3O2S2. The molecule has 1 aliphatic carbocycles. The normalized spacial score (nSPS) is 17.8. The molecule has 2 aliphatic rings. The van der Waals surface area contributed by atoms with Crippen LogP contribution < -0.4 is 4.74 Å². The van der Waals surface area contributed by atoms with Crippen molar-refractivity contribution in [3.63, 3.8) is 0 Å². The third-order valence-corrected chi connectivity index (χ3v) is 7.47. The topological polar surface area (TPSA) is 47.4 Å². The Hall–Kier alpha value is -2.90. The van der Waals surface area contributed by atoms with Gasteiger partial charge in [-0.15, -0.1) is 0 Å². The van der Waals surface area contributed by atoms with E-state index in [1.807, 2.05) is 76.5 Å². The van der Waals surface area contributed by atoms with E-state index in [0.29, 0.717) is 15.8 Å². The molecule has 3 aromatic rings. The Kier molecular flexibility index (Phi) is 6.83. The highest BCUT2D eigenvalue weighted by molar-refractivity contribution is 8.26. The molecule has 0 unspecified atom stereocenters. The van der Waals surface area contributed by atoms with Crippen LogP contribution in [0.2, 0.25) is 0 Å². The average Bonchev–Trinajstić information content (AvgIpc) is 3.59. The highest BCUT2D eigenvalue weighted by Gasteiger charge is 2.38. The number of carbonyl (C=O) groups excluding carboxylic acids is 1. The third-order valence-electron chi connectivity index (χ3n) is 6.14. The van der Waals surface area contributed by atoms with Gasteiger partial charge >= 0.3 is 0 Å². The van der Waals surface area contributed by atoms with Crippen molar-refractivity contribution in [3.05, 3.63) is 71.3 Å². The molecule has 1 amide bonds. The van der Waals surface area contributed by atoms with Gasteiger partial charge in [0.25, 0.3) is 5.91 Å². The summed E-state index contributed by atoms with van der Waals surface area (Å²) in [6.07, 6.45) is 9.24. The number of rotatable bonds is 7. The Morgan fingerprint density at radius 2 is 1.94 bits per heavy atom. The van der Waals surface area contributed by atoms with Gasteiger partial charge in [-0.25, -0.2) is 4.68 Å². The summed E-state index contributed by atoms with van der Waals surface area (Å²) in [5, 5.41) is 4.90. The Morgan fingerprint density at radius 3 is 2.71 bits per heavy atom. The first-order chi connectivity index (χ1) is 16.6. The van der Waals surface area contributed by atoms with Crippen LogP contribution in [-0.2, 0) is 4.79 Å². The van der Waals surface area contributed by atoms with E-state index < -0.39 is 0 Å². The molecule has 1 saturated heterocycles. The lowest BCUT2D eigenvalue weighted by Gasteiger charge is -2.21. The first-order valence-electron chi connectivity index (χ1n) is 11.8. The highest BCUT2D eigenvalue weighted by Crippen LogP contribution is 2.39. The number of benzene rings is 2. The summed E-state index contributed by atoms with van der Waals surface area (Å²) >= 11 is 7.00. The minimum atomic E-state index is 0.0142. The molecule has 1 aliphatic heterocycles. The second-order valence-electron chi connectivity index (χ2n) is 8.58. The fraction of sp³-hybridized carbons (Fsp3) is 0.296. The third kappa shape index (κ3) is 4.68. The maximum absolute atomic E-state index is 13.3. The highest BCUT2D eigenvalue weighted by atomic mass is 32.2. The number of ether oxygens (including phenoxy) is 1. The Labute approximate surface area is 209 Å². The fourth-order valence-electron chi connectivity index (χ4n) is 4.48. The van der Waals surface area contributed by atoms with Crippen LogP contribution in [0.5, 0.6) is 5.75 Å². The van der Waals surface area contributed by atoms with Gasteiger partial charge in [-0.2, -0.15) is 5.10 Å². The molecule has 0 radical (unpaired) electrons. The van der Waals surface area contributed by atoms with E-state index in [1.54, 1.807) is 0 Å². The summed E-state index contributed by atoms with van der Waals surface area (Å²) < 4.78 is 8.37. The number of thioether (sulfide) groups is 1.